The summed E-state index contributed by atoms with van der Waals surface area (Å²) in [4.78, 5) is 61.1. The molecule has 3 aromatic carbocycles. The Morgan fingerprint density at radius 1 is 1.05 bits per heavy atom. The molecule has 0 saturated carbocycles. The smallest absolute Gasteiger partial charge is 0.335 e. The van der Waals surface area contributed by atoms with Crippen LogP contribution in [-0.4, -0.2) is 42.4 Å². The predicted octanol–water partition coefficient (Wildman–Crippen LogP) is 3.29. The Kier molecular flexibility index (Phi) is 7.43. The number of nitro groups is 1. The van der Waals surface area contributed by atoms with E-state index in [2.05, 4.69) is 10.6 Å². The fourth-order valence-corrected chi connectivity index (χ4v) is 3.56. The first-order chi connectivity index (χ1) is 18.3. The minimum Gasteiger partial charge on any atom is -0.495 e. The number of carbonyl (C=O) groups is 4. The summed E-state index contributed by atoms with van der Waals surface area (Å²) in [5, 5.41) is 15.7. The molecular formula is C26H20N4O8. The number of hydrogen-bond acceptors (Lipinski definition) is 8. The van der Waals surface area contributed by atoms with Crippen molar-refractivity contribution >= 4 is 46.9 Å². The Labute approximate surface area is 215 Å². The van der Waals surface area contributed by atoms with Crippen LogP contribution in [0.2, 0.25) is 0 Å². The Balaban J connectivity index is 1.49. The first kappa shape index (κ1) is 25.6. The first-order valence-corrected chi connectivity index (χ1v) is 11.1. The minimum atomic E-state index is -0.982. The van der Waals surface area contributed by atoms with Crippen molar-refractivity contribution in [2.24, 2.45) is 0 Å². The number of nitrogens with one attached hydrogen (secondary N) is 2. The maximum absolute atomic E-state index is 13.0. The molecule has 0 radical (unpaired) electrons. The lowest BCUT2D eigenvalue weighted by Gasteiger charge is -2.26. The molecule has 1 aliphatic rings. The molecule has 0 unspecified atom stereocenters. The standard InChI is InChI=1S/C26H20N4O8/c1-37-22-8-3-2-7-21(22)27-23(31)15-38-19-6-4-5-16(13-19)14-20-24(32)28-26(34)29(25(20)33)17-9-11-18(12-10-17)30(35)36/h2-14H,15H2,1H3,(H,27,31)(H,28,32,34)/b20-14-. The number of nitro benzene ring substituents is 1. The van der Waals surface area contributed by atoms with Crippen molar-refractivity contribution in [1.29, 1.82) is 0 Å². The molecule has 3 aromatic rings. The number of imide groups is 2. The van der Waals surface area contributed by atoms with Crippen LogP contribution in [0.25, 0.3) is 6.08 Å². The van der Waals surface area contributed by atoms with Gasteiger partial charge in [0.15, 0.2) is 6.61 Å². The Morgan fingerprint density at radius 2 is 1.79 bits per heavy atom. The second-order valence-electron chi connectivity index (χ2n) is 7.84. The number of urea groups is 1. The highest BCUT2D eigenvalue weighted by Gasteiger charge is 2.37. The number of anilines is 2. The average Bonchev–Trinajstić information content (AvgIpc) is 2.90. The Hall–Kier alpha value is -5.52. The molecule has 5 amide bonds. The lowest BCUT2D eigenvalue weighted by molar-refractivity contribution is -0.384. The fourth-order valence-electron chi connectivity index (χ4n) is 3.56. The summed E-state index contributed by atoms with van der Waals surface area (Å²) in [6, 6.07) is 17.0. The summed E-state index contributed by atoms with van der Waals surface area (Å²) in [7, 11) is 1.49. The van der Waals surface area contributed by atoms with E-state index >= 15 is 0 Å². The van der Waals surface area contributed by atoms with Crippen LogP contribution < -0.4 is 25.0 Å². The van der Waals surface area contributed by atoms with Crippen LogP contribution in [0.15, 0.2) is 78.4 Å². The van der Waals surface area contributed by atoms with Gasteiger partial charge in [0.25, 0.3) is 23.4 Å². The highest BCUT2D eigenvalue weighted by molar-refractivity contribution is 6.39. The quantitative estimate of drug-likeness (QED) is 0.200. The second-order valence-corrected chi connectivity index (χ2v) is 7.84. The van der Waals surface area contributed by atoms with Crippen LogP contribution in [0.5, 0.6) is 11.5 Å². The molecule has 4 rings (SSSR count). The Morgan fingerprint density at radius 3 is 2.50 bits per heavy atom. The van der Waals surface area contributed by atoms with E-state index in [1.54, 1.807) is 42.5 Å². The number of carbonyl (C=O) groups excluding carboxylic acids is 4. The van der Waals surface area contributed by atoms with Gasteiger partial charge in [0.2, 0.25) is 0 Å². The third-order valence-electron chi connectivity index (χ3n) is 5.34. The molecule has 1 saturated heterocycles. The van der Waals surface area contributed by atoms with Crippen LogP contribution in [0.4, 0.5) is 21.9 Å². The van der Waals surface area contributed by atoms with Gasteiger partial charge in [-0.25, -0.2) is 9.69 Å². The summed E-state index contributed by atoms with van der Waals surface area (Å²) < 4.78 is 10.7. The number of hydrogen-bond donors (Lipinski definition) is 2. The summed E-state index contributed by atoms with van der Waals surface area (Å²) in [6.07, 6.45) is 1.27. The van der Waals surface area contributed by atoms with Crippen molar-refractivity contribution in [3.8, 4) is 11.5 Å². The van der Waals surface area contributed by atoms with Crippen LogP contribution in [0.3, 0.4) is 0 Å². The zero-order valence-corrected chi connectivity index (χ0v) is 19.9. The van der Waals surface area contributed by atoms with Gasteiger partial charge in [0.05, 0.1) is 23.4 Å². The number of non-ortho nitro benzene ring substituents is 1. The van der Waals surface area contributed by atoms with E-state index in [9.17, 15) is 29.3 Å². The second kappa shape index (κ2) is 11.0. The normalized spacial score (nSPS) is 14.2. The van der Waals surface area contributed by atoms with Gasteiger partial charge in [0.1, 0.15) is 17.1 Å². The molecule has 12 heteroatoms. The predicted molar refractivity (Wildman–Crippen MR) is 136 cm³/mol. The zero-order valence-electron chi connectivity index (χ0n) is 19.9. The lowest BCUT2D eigenvalue weighted by Crippen LogP contribution is -2.54. The molecule has 38 heavy (non-hydrogen) atoms. The molecule has 1 fully saturated rings. The third kappa shape index (κ3) is 5.65. The van der Waals surface area contributed by atoms with Gasteiger partial charge >= 0.3 is 6.03 Å². The SMILES string of the molecule is COc1ccccc1NC(=O)COc1cccc(/C=C2/C(=O)NC(=O)N(c3ccc([N+](=O)[O-])cc3)C2=O)c1. The number of barbiturate groups is 1. The highest BCUT2D eigenvalue weighted by atomic mass is 16.6. The summed E-state index contributed by atoms with van der Waals surface area (Å²) in [6.45, 7) is -0.320. The summed E-state index contributed by atoms with van der Waals surface area (Å²) >= 11 is 0. The molecule has 192 valence electrons. The number of benzene rings is 3. The van der Waals surface area contributed by atoms with Gasteiger partial charge < -0.3 is 14.8 Å². The molecule has 0 aromatic heterocycles. The van der Waals surface area contributed by atoms with Gasteiger partial charge in [-0.2, -0.15) is 0 Å². The maximum Gasteiger partial charge on any atom is 0.335 e. The molecule has 12 nitrogen and oxygen atoms in total. The van der Waals surface area contributed by atoms with Gasteiger partial charge in [-0.05, 0) is 48.0 Å². The summed E-state index contributed by atoms with van der Waals surface area (Å²) in [5.74, 6) is -1.46. The van der Waals surface area contributed by atoms with Gasteiger partial charge in [-0.1, -0.05) is 24.3 Å². The molecule has 0 spiro atoms. The van der Waals surface area contributed by atoms with Crippen molar-refractivity contribution in [3.05, 3.63) is 94.0 Å². The number of ether oxygens (including phenoxy) is 2. The molecule has 1 heterocycles. The van der Waals surface area contributed by atoms with Crippen molar-refractivity contribution in [2.45, 2.75) is 0 Å². The topological polar surface area (TPSA) is 157 Å². The number of nitrogens with zero attached hydrogens (tertiary/aromatic N) is 2. The van der Waals surface area contributed by atoms with Crippen LogP contribution in [0.1, 0.15) is 5.56 Å². The van der Waals surface area contributed by atoms with E-state index in [0.717, 1.165) is 12.1 Å². The molecule has 2 N–H and O–H groups in total. The molecule has 0 bridgehead atoms. The van der Waals surface area contributed by atoms with Crippen molar-refractivity contribution in [3.63, 3.8) is 0 Å². The van der Waals surface area contributed by atoms with Crippen molar-refractivity contribution in [2.75, 3.05) is 23.9 Å². The molecule has 0 atom stereocenters. The van der Waals surface area contributed by atoms with Crippen molar-refractivity contribution < 1.29 is 33.6 Å². The number of rotatable bonds is 8. The van der Waals surface area contributed by atoms with Gasteiger partial charge in [0, 0.05) is 12.1 Å². The fraction of sp³-hybridized carbons (Fsp3) is 0.0769. The third-order valence-corrected chi connectivity index (χ3v) is 5.34. The minimum absolute atomic E-state index is 0.0506. The van der Waals surface area contributed by atoms with E-state index in [0.29, 0.717) is 27.6 Å². The average molecular weight is 516 g/mol. The van der Waals surface area contributed by atoms with Crippen LogP contribution >= 0.6 is 0 Å². The van der Waals surface area contributed by atoms with E-state index in [1.807, 2.05) is 0 Å². The van der Waals surface area contributed by atoms with Gasteiger partial charge in [-0.3, -0.25) is 29.8 Å². The molecule has 1 aliphatic heterocycles. The Bertz CT molecular complexity index is 1470. The number of para-hydroxylation sites is 2. The van der Waals surface area contributed by atoms with E-state index < -0.39 is 28.7 Å². The van der Waals surface area contributed by atoms with Crippen LogP contribution in [-0.2, 0) is 14.4 Å². The summed E-state index contributed by atoms with van der Waals surface area (Å²) in [5.41, 5.74) is 0.364. The molecular weight excluding hydrogens is 496 g/mol. The number of methoxy groups -OCH3 is 1. The van der Waals surface area contributed by atoms with E-state index in [4.69, 9.17) is 9.47 Å². The maximum atomic E-state index is 13.0. The largest absolute Gasteiger partial charge is 0.495 e. The lowest BCUT2D eigenvalue weighted by atomic mass is 10.1. The van der Waals surface area contributed by atoms with Gasteiger partial charge in [-0.15, -0.1) is 0 Å². The van der Waals surface area contributed by atoms with Crippen molar-refractivity contribution in [1.82, 2.24) is 5.32 Å². The zero-order chi connectivity index (χ0) is 27.2. The van der Waals surface area contributed by atoms with E-state index in [-0.39, 0.29) is 23.6 Å². The van der Waals surface area contributed by atoms with E-state index in [1.165, 1.54) is 31.4 Å². The monoisotopic (exact) mass is 516 g/mol. The highest BCUT2D eigenvalue weighted by Crippen LogP contribution is 2.25. The first-order valence-electron chi connectivity index (χ1n) is 11.1. The van der Waals surface area contributed by atoms with Crippen LogP contribution in [0, 0.1) is 10.1 Å². The number of amides is 5. The molecule has 0 aliphatic carbocycles.